The molecule has 0 aliphatic carbocycles. The van der Waals surface area contributed by atoms with Crippen molar-refractivity contribution in [2.24, 2.45) is 0 Å². The van der Waals surface area contributed by atoms with E-state index in [0.717, 1.165) is 11.1 Å². The van der Waals surface area contributed by atoms with Crippen LogP contribution in [-0.2, 0) is 22.4 Å². The number of hydrogen-bond acceptors (Lipinski definition) is 2. The molecule has 0 fully saturated rings. The molecule has 0 radical (unpaired) electrons. The van der Waals surface area contributed by atoms with Gasteiger partial charge in [-0.2, -0.15) is 0 Å². The molecular formula is C18H20O2. The molecule has 0 unspecified atom stereocenters. The Morgan fingerprint density at radius 2 is 1.00 bits per heavy atom. The fourth-order valence-electron chi connectivity index (χ4n) is 1.71. The average Bonchev–Trinajstić information content (AvgIpc) is 2.40. The first-order valence-electron chi connectivity index (χ1n) is 6.64. The van der Waals surface area contributed by atoms with Crippen LogP contribution in [0.2, 0.25) is 0 Å². The molecule has 20 heavy (non-hydrogen) atoms. The van der Waals surface area contributed by atoms with Crippen LogP contribution in [0, 0.1) is 0 Å². The molecule has 2 aromatic carbocycles. The topological polar surface area (TPSA) is 34.1 Å². The van der Waals surface area contributed by atoms with Crippen molar-refractivity contribution >= 4 is 11.6 Å². The molecule has 0 atom stereocenters. The number of hydrogen-bond donors (Lipinski definition) is 0. The third kappa shape index (κ3) is 7.27. The van der Waals surface area contributed by atoms with E-state index in [9.17, 15) is 9.59 Å². The molecule has 0 aliphatic rings. The van der Waals surface area contributed by atoms with Gasteiger partial charge in [-0.25, -0.2) is 0 Å². The second kappa shape index (κ2) is 8.81. The summed E-state index contributed by atoms with van der Waals surface area (Å²) in [5.41, 5.74) is 2.17. The Bertz CT molecular complexity index is 482. The third-order valence-electron chi connectivity index (χ3n) is 2.49. The van der Waals surface area contributed by atoms with Gasteiger partial charge in [0.25, 0.3) is 0 Å². The number of rotatable bonds is 4. The minimum Gasteiger partial charge on any atom is -0.300 e. The zero-order chi connectivity index (χ0) is 14.8. The smallest absolute Gasteiger partial charge is 0.141 e. The largest absolute Gasteiger partial charge is 0.300 e. The Labute approximate surface area is 120 Å². The van der Waals surface area contributed by atoms with Gasteiger partial charge in [-0.05, 0) is 25.0 Å². The van der Waals surface area contributed by atoms with Crippen LogP contribution in [0.15, 0.2) is 60.7 Å². The third-order valence-corrected chi connectivity index (χ3v) is 2.49. The average molecular weight is 268 g/mol. The second-order valence-corrected chi connectivity index (χ2v) is 4.77. The quantitative estimate of drug-likeness (QED) is 0.848. The van der Waals surface area contributed by atoms with Gasteiger partial charge >= 0.3 is 0 Å². The maximum atomic E-state index is 11.8. The van der Waals surface area contributed by atoms with E-state index in [1.165, 1.54) is 13.8 Å². The molecule has 0 aromatic heterocycles. The van der Waals surface area contributed by atoms with E-state index in [2.05, 4.69) is 0 Å². The van der Waals surface area contributed by atoms with Crippen LogP contribution < -0.4 is 0 Å². The molecule has 0 saturated carbocycles. The van der Waals surface area contributed by atoms with Crippen LogP contribution in [-0.4, -0.2) is 11.6 Å². The lowest BCUT2D eigenvalue weighted by Gasteiger charge is -2.01. The minimum absolute atomic E-state index is 0.167. The summed E-state index contributed by atoms with van der Waals surface area (Å²) in [6.07, 6.45) is 1.05. The van der Waals surface area contributed by atoms with Crippen LogP contribution in [0.1, 0.15) is 25.0 Å². The number of benzene rings is 2. The highest BCUT2D eigenvalue weighted by Gasteiger charge is 2.04. The van der Waals surface area contributed by atoms with Crippen molar-refractivity contribution in [3.63, 3.8) is 0 Å². The van der Waals surface area contributed by atoms with Gasteiger partial charge in [0.1, 0.15) is 11.6 Å². The Hall–Kier alpha value is -2.22. The molecule has 2 heteroatoms. The highest BCUT2D eigenvalue weighted by molar-refractivity contribution is 5.83. The lowest BCUT2D eigenvalue weighted by Crippen LogP contribution is -2.06. The summed E-state index contributed by atoms with van der Waals surface area (Å²) < 4.78 is 0. The summed E-state index contributed by atoms with van der Waals surface area (Å²) in [6, 6.07) is 19.7. The first-order chi connectivity index (χ1) is 9.58. The van der Waals surface area contributed by atoms with Crippen molar-refractivity contribution < 1.29 is 9.59 Å². The summed E-state index contributed by atoms with van der Waals surface area (Å²) in [6.45, 7) is 3.06. The van der Waals surface area contributed by atoms with E-state index in [1.807, 2.05) is 60.7 Å². The maximum Gasteiger partial charge on any atom is 0.141 e. The highest BCUT2D eigenvalue weighted by Crippen LogP contribution is 2.05. The van der Waals surface area contributed by atoms with Gasteiger partial charge in [0.2, 0.25) is 0 Å². The van der Waals surface area contributed by atoms with Crippen LogP contribution >= 0.6 is 0 Å². The number of carbonyl (C=O) groups excluding carboxylic acids is 2. The van der Waals surface area contributed by atoms with Gasteiger partial charge < -0.3 is 4.79 Å². The predicted octanol–water partition coefficient (Wildman–Crippen LogP) is 3.64. The molecule has 2 rings (SSSR count). The normalized spacial score (nSPS) is 9.30. The first-order valence-corrected chi connectivity index (χ1v) is 6.64. The van der Waals surface area contributed by atoms with E-state index in [-0.39, 0.29) is 11.6 Å². The summed E-state index contributed by atoms with van der Waals surface area (Å²) in [5.74, 6) is 0.428. The molecule has 0 N–H and O–H groups in total. The van der Waals surface area contributed by atoms with Gasteiger partial charge in [0.05, 0.1) is 0 Å². The van der Waals surface area contributed by atoms with E-state index >= 15 is 0 Å². The van der Waals surface area contributed by atoms with E-state index in [1.54, 1.807) is 0 Å². The highest BCUT2D eigenvalue weighted by atomic mass is 16.1. The molecule has 104 valence electrons. The van der Waals surface area contributed by atoms with Crippen LogP contribution in [0.25, 0.3) is 0 Å². The zero-order valence-corrected chi connectivity index (χ0v) is 12.0. The summed E-state index contributed by atoms with van der Waals surface area (Å²) in [4.78, 5) is 21.2. The molecule has 0 heterocycles. The number of Topliss-reactive ketones (excluding diaryl/α,β-unsaturated/α-hetero) is 2. The van der Waals surface area contributed by atoms with Gasteiger partial charge in [-0.15, -0.1) is 0 Å². The summed E-state index contributed by atoms with van der Waals surface area (Å²) in [7, 11) is 0. The van der Waals surface area contributed by atoms with Crippen molar-refractivity contribution in [3.8, 4) is 0 Å². The molecule has 0 spiro atoms. The van der Waals surface area contributed by atoms with Gasteiger partial charge in [0, 0.05) is 12.8 Å². The number of ketones is 2. The number of carbonyl (C=O) groups is 2. The molecule has 0 amide bonds. The monoisotopic (exact) mass is 268 g/mol. The standard InChI is InChI=1S/C15H14O.C3H6O/c16-15(11-13-7-3-1-4-8-13)12-14-9-5-2-6-10-14;1-3(2)4/h1-10H,11-12H2;1-2H3. The Morgan fingerprint density at radius 1 is 0.700 bits per heavy atom. The predicted molar refractivity (Wildman–Crippen MR) is 81.7 cm³/mol. The van der Waals surface area contributed by atoms with E-state index in [0.29, 0.717) is 12.8 Å². The van der Waals surface area contributed by atoms with E-state index in [4.69, 9.17) is 0 Å². The van der Waals surface area contributed by atoms with Gasteiger partial charge in [-0.3, -0.25) is 4.79 Å². The molecule has 0 bridgehead atoms. The fraction of sp³-hybridized carbons (Fsp3) is 0.222. The Kier molecular flexibility index (Phi) is 6.97. The van der Waals surface area contributed by atoms with Gasteiger partial charge in [-0.1, -0.05) is 60.7 Å². The van der Waals surface area contributed by atoms with Gasteiger partial charge in [0.15, 0.2) is 0 Å². The van der Waals surface area contributed by atoms with Crippen molar-refractivity contribution in [2.45, 2.75) is 26.7 Å². The molecular weight excluding hydrogens is 248 g/mol. The second-order valence-electron chi connectivity index (χ2n) is 4.77. The van der Waals surface area contributed by atoms with Crippen molar-refractivity contribution in [1.29, 1.82) is 0 Å². The lowest BCUT2D eigenvalue weighted by atomic mass is 10.0. The van der Waals surface area contributed by atoms with Crippen molar-refractivity contribution in [2.75, 3.05) is 0 Å². The van der Waals surface area contributed by atoms with Crippen molar-refractivity contribution in [1.82, 2.24) is 0 Å². The SMILES string of the molecule is CC(C)=O.O=C(Cc1ccccc1)Cc1ccccc1. The Balaban J connectivity index is 0.000000444. The van der Waals surface area contributed by atoms with Crippen LogP contribution in [0.5, 0.6) is 0 Å². The lowest BCUT2D eigenvalue weighted by molar-refractivity contribution is -0.118. The van der Waals surface area contributed by atoms with E-state index < -0.39 is 0 Å². The molecule has 0 aliphatic heterocycles. The van der Waals surface area contributed by atoms with Crippen LogP contribution in [0.4, 0.5) is 0 Å². The maximum absolute atomic E-state index is 11.8. The zero-order valence-electron chi connectivity index (χ0n) is 12.0. The molecule has 2 aromatic rings. The van der Waals surface area contributed by atoms with Crippen LogP contribution in [0.3, 0.4) is 0 Å². The summed E-state index contributed by atoms with van der Waals surface area (Å²) in [5, 5.41) is 0. The van der Waals surface area contributed by atoms with Crippen molar-refractivity contribution in [3.05, 3.63) is 71.8 Å². The fourth-order valence-corrected chi connectivity index (χ4v) is 1.71. The minimum atomic E-state index is 0.167. The first kappa shape index (κ1) is 15.8. The Morgan fingerprint density at radius 3 is 1.30 bits per heavy atom. The molecule has 0 saturated heterocycles. The molecule has 2 nitrogen and oxygen atoms in total. The summed E-state index contributed by atoms with van der Waals surface area (Å²) >= 11 is 0.